The molecule has 1 fully saturated rings. The normalized spacial score (nSPS) is 16.2. The summed E-state index contributed by atoms with van der Waals surface area (Å²) >= 11 is 3.45. The van der Waals surface area contributed by atoms with Crippen LogP contribution in [-0.4, -0.2) is 25.5 Å². The van der Waals surface area contributed by atoms with Gasteiger partial charge in [0.25, 0.3) is 0 Å². The molecule has 2 rings (SSSR count). The van der Waals surface area contributed by atoms with Crippen molar-refractivity contribution in [2.24, 2.45) is 5.92 Å². The molecule has 18 heavy (non-hydrogen) atoms. The molecule has 1 aromatic carbocycles. The van der Waals surface area contributed by atoms with E-state index in [4.69, 9.17) is 0 Å². The van der Waals surface area contributed by atoms with Crippen LogP contribution in [0.4, 0.5) is 0 Å². The number of rotatable bonds is 4. The first-order valence-electron chi connectivity index (χ1n) is 6.25. The molecule has 2 N–H and O–H groups in total. The molecule has 1 saturated heterocycles. The summed E-state index contributed by atoms with van der Waals surface area (Å²) in [5.41, 5.74) is 0.530. The van der Waals surface area contributed by atoms with Gasteiger partial charge in [-0.3, -0.25) is 4.79 Å². The number of carbonyl (C=O) groups is 1. The second kappa shape index (κ2) is 5.41. The molecule has 0 radical (unpaired) electrons. The summed E-state index contributed by atoms with van der Waals surface area (Å²) in [5, 5.41) is 6.25. The van der Waals surface area contributed by atoms with Crippen molar-refractivity contribution < 1.29 is 4.79 Å². The number of nitrogens with one attached hydrogen (secondary N) is 2. The molecular formula is C14H19BrN2O. The molecule has 1 aromatic rings. The Kier molecular flexibility index (Phi) is 4.07. The maximum Gasteiger partial charge on any atom is 0.230 e. The summed E-state index contributed by atoms with van der Waals surface area (Å²) in [7, 11) is 0. The highest BCUT2D eigenvalue weighted by Crippen LogP contribution is 2.26. The Morgan fingerprint density at radius 1 is 1.50 bits per heavy atom. The van der Waals surface area contributed by atoms with Crippen LogP contribution in [0.5, 0.6) is 0 Å². The number of benzene rings is 1. The Balaban J connectivity index is 2.02. The lowest BCUT2D eigenvalue weighted by Crippen LogP contribution is -2.50. The quantitative estimate of drug-likeness (QED) is 0.894. The summed E-state index contributed by atoms with van der Waals surface area (Å²) in [6.45, 7) is 6.71. The van der Waals surface area contributed by atoms with Crippen LogP contribution in [-0.2, 0) is 10.2 Å². The van der Waals surface area contributed by atoms with Crippen molar-refractivity contribution in [2.75, 3.05) is 19.6 Å². The van der Waals surface area contributed by atoms with Gasteiger partial charge in [-0.1, -0.05) is 28.1 Å². The van der Waals surface area contributed by atoms with E-state index in [1.54, 1.807) is 0 Å². The lowest BCUT2D eigenvalue weighted by Gasteiger charge is -2.30. The number of halogens is 1. The van der Waals surface area contributed by atoms with Gasteiger partial charge in [-0.25, -0.2) is 0 Å². The Morgan fingerprint density at radius 2 is 2.22 bits per heavy atom. The van der Waals surface area contributed by atoms with E-state index in [9.17, 15) is 4.79 Å². The number of amides is 1. The molecule has 1 aliphatic heterocycles. The Labute approximate surface area is 116 Å². The summed E-state index contributed by atoms with van der Waals surface area (Å²) in [6, 6.07) is 7.93. The first-order chi connectivity index (χ1) is 8.50. The summed E-state index contributed by atoms with van der Waals surface area (Å²) < 4.78 is 1.00. The number of hydrogen-bond acceptors (Lipinski definition) is 2. The van der Waals surface area contributed by atoms with Gasteiger partial charge in [0.15, 0.2) is 0 Å². The molecule has 3 nitrogen and oxygen atoms in total. The van der Waals surface area contributed by atoms with Crippen molar-refractivity contribution >= 4 is 21.8 Å². The maximum absolute atomic E-state index is 12.3. The van der Waals surface area contributed by atoms with Crippen LogP contribution in [0.15, 0.2) is 28.7 Å². The SMILES string of the molecule is CC(C)(C(=O)NCC1CNC1)c1cccc(Br)c1. The molecule has 0 saturated carbocycles. The van der Waals surface area contributed by atoms with E-state index in [0.29, 0.717) is 5.92 Å². The molecule has 0 aliphatic carbocycles. The lowest BCUT2D eigenvalue weighted by molar-refractivity contribution is -0.125. The summed E-state index contributed by atoms with van der Waals surface area (Å²) in [4.78, 5) is 12.3. The third kappa shape index (κ3) is 2.93. The second-order valence-electron chi connectivity index (χ2n) is 5.37. The van der Waals surface area contributed by atoms with E-state index in [-0.39, 0.29) is 5.91 Å². The maximum atomic E-state index is 12.3. The molecule has 0 atom stereocenters. The zero-order valence-electron chi connectivity index (χ0n) is 10.8. The summed E-state index contributed by atoms with van der Waals surface area (Å²) in [6.07, 6.45) is 0. The van der Waals surface area contributed by atoms with Gasteiger partial charge in [-0.15, -0.1) is 0 Å². The third-order valence-corrected chi connectivity index (χ3v) is 4.02. The van der Waals surface area contributed by atoms with Crippen molar-refractivity contribution in [3.63, 3.8) is 0 Å². The lowest BCUT2D eigenvalue weighted by atomic mass is 9.83. The van der Waals surface area contributed by atoms with E-state index in [2.05, 4.69) is 26.6 Å². The average Bonchev–Trinajstić information content (AvgIpc) is 2.26. The minimum absolute atomic E-state index is 0.0903. The molecule has 1 aliphatic rings. The van der Waals surface area contributed by atoms with Crippen molar-refractivity contribution in [3.05, 3.63) is 34.3 Å². The largest absolute Gasteiger partial charge is 0.355 e. The first-order valence-corrected chi connectivity index (χ1v) is 7.04. The molecule has 0 unspecified atom stereocenters. The highest BCUT2D eigenvalue weighted by atomic mass is 79.9. The van der Waals surface area contributed by atoms with Crippen molar-refractivity contribution in [1.82, 2.24) is 10.6 Å². The highest BCUT2D eigenvalue weighted by Gasteiger charge is 2.30. The molecular weight excluding hydrogens is 292 g/mol. The first kappa shape index (κ1) is 13.6. The third-order valence-electron chi connectivity index (χ3n) is 3.53. The van der Waals surface area contributed by atoms with E-state index in [0.717, 1.165) is 29.7 Å². The summed E-state index contributed by atoms with van der Waals surface area (Å²) in [5.74, 6) is 0.680. The van der Waals surface area contributed by atoms with Gasteiger partial charge in [0.1, 0.15) is 0 Å². The van der Waals surface area contributed by atoms with Gasteiger partial charge in [-0.2, -0.15) is 0 Å². The van der Waals surface area contributed by atoms with Crippen LogP contribution in [0.3, 0.4) is 0 Å². The van der Waals surface area contributed by atoms with E-state index >= 15 is 0 Å². The monoisotopic (exact) mass is 310 g/mol. The minimum Gasteiger partial charge on any atom is -0.355 e. The van der Waals surface area contributed by atoms with Crippen LogP contribution in [0.2, 0.25) is 0 Å². The Bertz CT molecular complexity index is 441. The van der Waals surface area contributed by atoms with Gasteiger partial charge >= 0.3 is 0 Å². The fourth-order valence-corrected chi connectivity index (χ4v) is 2.36. The fourth-order valence-electron chi connectivity index (χ4n) is 1.96. The zero-order valence-corrected chi connectivity index (χ0v) is 12.4. The minimum atomic E-state index is -0.499. The van der Waals surface area contributed by atoms with Crippen molar-refractivity contribution in [1.29, 1.82) is 0 Å². The highest BCUT2D eigenvalue weighted by molar-refractivity contribution is 9.10. The van der Waals surface area contributed by atoms with E-state index < -0.39 is 5.41 Å². The van der Waals surface area contributed by atoms with Crippen molar-refractivity contribution in [2.45, 2.75) is 19.3 Å². The molecule has 98 valence electrons. The smallest absolute Gasteiger partial charge is 0.230 e. The molecule has 0 spiro atoms. The molecule has 1 heterocycles. The van der Waals surface area contributed by atoms with Crippen LogP contribution < -0.4 is 10.6 Å². The standard InChI is InChI=1S/C14H19BrN2O/c1-14(2,11-4-3-5-12(15)6-11)13(18)17-9-10-7-16-8-10/h3-6,10,16H,7-9H2,1-2H3,(H,17,18). The van der Waals surface area contributed by atoms with Gasteiger partial charge < -0.3 is 10.6 Å². The second-order valence-corrected chi connectivity index (χ2v) is 6.29. The van der Waals surface area contributed by atoms with E-state index in [1.807, 2.05) is 38.1 Å². The van der Waals surface area contributed by atoms with E-state index in [1.165, 1.54) is 0 Å². The zero-order chi connectivity index (χ0) is 13.2. The van der Waals surface area contributed by atoms with Gasteiger partial charge in [-0.05, 0) is 31.5 Å². The van der Waals surface area contributed by atoms with Crippen LogP contribution >= 0.6 is 15.9 Å². The molecule has 1 amide bonds. The van der Waals surface area contributed by atoms with Gasteiger partial charge in [0.05, 0.1) is 5.41 Å². The van der Waals surface area contributed by atoms with Crippen molar-refractivity contribution in [3.8, 4) is 0 Å². The predicted octanol–water partition coefficient (Wildman–Crippen LogP) is 2.06. The molecule has 4 heteroatoms. The van der Waals surface area contributed by atoms with Crippen LogP contribution in [0.1, 0.15) is 19.4 Å². The Hall–Kier alpha value is -0.870. The molecule has 0 aromatic heterocycles. The van der Waals surface area contributed by atoms with Crippen LogP contribution in [0.25, 0.3) is 0 Å². The average molecular weight is 311 g/mol. The van der Waals surface area contributed by atoms with Crippen LogP contribution in [0, 0.1) is 5.92 Å². The van der Waals surface area contributed by atoms with Gasteiger partial charge in [0, 0.05) is 30.0 Å². The predicted molar refractivity (Wildman–Crippen MR) is 76.5 cm³/mol. The number of carbonyl (C=O) groups excluding carboxylic acids is 1. The number of hydrogen-bond donors (Lipinski definition) is 2. The molecule has 0 bridgehead atoms. The topological polar surface area (TPSA) is 41.1 Å². The fraction of sp³-hybridized carbons (Fsp3) is 0.500. The van der Waals surface area contributed by atoms with Gasteiger partial charge in [0.2, 0.25) is 5.91 Å². The Morgan fingerprint density at radius 3 is 2.78 bits per heavy atom.